The van der Waals surface area contributed by atoms with Gasteiger partial charge in [-0.25, -0.2) is 4.68 Å². The van der Waals surface area contributed by atoms with Crippen LogP contribution in [0.5, 0.6) is 0 Å². The zero-order valence-corrected chi connectivity index (χ0v) is 18.7. The number of amides is 1. The van der Waals surface area contributed by atoms with E-state index >= 15 is 0 Å². The minimum absolute atomic E-state index is 0.101. The second kappa shape index (κ2) is 9.43. The van der Waals surface area contributed by atoms with Crippen molar-refractivity contribution in [2.45, 2.75) is 43.5 Å². The molecule has 1 atom stereocenters. The normalized spacial score (nSPS) is 15.0. The summed E-state index contributed by atoms with van der Waals surface area (Å²) in [5.74, 6) is 6.67. The first kappa shape index (κ1) is 21.2. The number of hydrogen-bond acceptors (Lipinski definition) is 6. The Hall–Kier alpha value is -3.00. The smallest absolute Gasteiger partial charge is 0.237 e. The predicted molar refractivity (Wildman–Crippen MR) is 127 cm³/mol. The third-order valence-corrected chi connectivity index (χ3v) is 6.54. The molecule has 1 amide bonds. The average Bonchev–Trinajstić information content (AvgIpc) is 3.15. The van der Waals surface area contributed by atoms with E-state index in [9.17, 15) is 4.79 Å². The predicted octanol–water partition coefficient (Wildman–Crippen LogP) is 4.08. The lowest BCUT2D eigenvalue weighted by Gasteiger charge is -2.28. The Morgan fingerprint density at radius 2 is 1.71 bits per heavy atom. The van der Waals surface area contributed by atoms with Gasteiger partial charge in [-0.3, -0.25) is 4.79 Å². The van der Waals surface area contributed by atoms with Crippen molar-refractivity contribution in [3.8, 4) is 11.4 Å². The van der Waals surface area contributed by atoms with E-state index in [2.05, 4.69) is 32.5 Å². The molecule has 4 rings (SSSR count). The third-order valence-electron chi connectivity index (χ3n) is 5.48. The highest BCUT2D eigenvalue weighted by Crippen LogP contribution is 2.26. The highest BCUT2D eigenvalue weighted by Gasteiger charge is 2.20. The first-order chi connectivity index (χ1) is 15.0. The van der Waals surface area contributed by atoms with Crippen LogP contribution >= 0.6 is 11.8 Å². The molecule has 0 radical (unpaired) electrons. The van der Waals surface area contributed by atoms with Crippen molar-refractivity contribution in [3.63, 3.8) is 0 Å². The van der Waals surface area contributed by atoms with Gasteiger partial charge in [-0.05, 0) is 57.4 Å². The molecule has 0 spiro atoms. The number of aryl methyl sites for hydroxylation is 1. The van der Waals surface area contributed by atoms with Gasteiger partial charge in [-0.2, -0.15) is 0 Å². The Morgan fingerprint density at radius 3 is 2.39 bits per heavy atom. The summed E-state index contributed by atoms with van der Waals surface area (Å²) >= 11 is 1.29. The number of benzene rings is 2. The number of nitrogens with one attached hydrogen (secondary N) is 1. The molecule has 2 heterocycles. The third kappa shape index (κ3) is 5.02. The van der Waals surface area contributed by atoms with Crippen molar-refractivity contribution in [1.82, 2.24) is 14.9 Å². The quantitative estimate of drug-likeness (QED) is 0.447. The Balaban J connectivity index is 1.37. The number of anilines is 2. The second-order valence-corrected chi connectivity index (χ2v) is 9.19. The number of rotatable bonds is 6. The molecule has 0 bridgehead atoms. The maximum absolute atomic E-state index is 12.7. The van der Waals surface area contributed by atoms with Gasteiger partial charge in [0.05, 0.1) is 5.25 Å². The van der Waals surface area contributed by atoms with Gasteiger partial charge >= 0.3 is 0 Å². The zero-order chi connectivity index (χ0) is 21.8. The minimum atomic E-state index is -0.376. The van der Waals surface area contributed by atoms with Gasteiger partial charge < -0.3 is 16.1 Å². The van der Waals surface area contributed by atoms with Gasteiger partial charge in [-0.15, -0.1) is 10.2 Å². The topological polar surface area (TPSA) is 89.1 Å². The molecule has 0 saturated carbocycles. The van der Waals surface area contributed by atoms with Crippen LogP contribution in [0.15, 0.2) is 53.7 Å². The lowest BCUT2D eigenvalue weighted by Crippen LogP contribution is -2.29. The fourth-order valence-corrected chi connectivity index (χ4v) is 4.39. The molecule has 3 N–H and O–H groups in total. The summed E-state index contributed by atoms with van der Waals surface area (Å²) in [6, 6.07) is 16.0. The SMILES string of the molecule is Cc1ccc(-c2nnc(SC(C)C(=O)Nc3ccc(N4CCCCC4)cc3)n2N)cc1. The number of piperidine rings is 1. The number of nitrogen functional groups attached to an aromatic ring is 1. The van der Waals surface area contributed by atoms with E-state index in [-0.39, 0.29) is 11.2 Å². The molecule has 1 fully saturated rings. The molecule has 2 aromatic carbocycles. The van der Waals surface area contributed by atoms with E-state index in [1.807, 2.05) is 50.2 Å². The lowest BCUT2D eigenvalue weighted by molar-refractivity contribution is -0.115. The molecule has 1 aliphatic rings. The van der Waals surface area contributed by atoms with E-state index in [4.69, 9.17) is 5.84 Å². The number of nitrogens with two attached hydrogens (primary N) is 1. The standard InChI is InChI=1S/C23H28N6OS/c1-16-6-8-18(9-7-16)21-26-27-23(29(21)24)31-17(2)22(30)25-19-10-12-20(13-11-19)28-14-4-3-5-15-28/h6-13,17H,3-5,14-15,24H2,1-2H3,(H,25,30). The van der Waals surface area contributed by atoms with Crippen LogP contribution in [0.1, 0.15) is 31.7 Å². The molecular weight excluding hydrogens is 408 g/mol. The Morgan fingerprint density at radius 1 is 1.03 bits per heavy atom. The van der Waals surface area contributed by atoms with Crippen molar-refractivity contribution in [2.24, 2.45) is 0 Å². The van der Waals surface area contributed by atoms with Gasteiger partial charge in [0.1, 0.15) is 0 Å². The molecule has 3 aromatic rings. The fourth-order valence-electron chi connectivity index (χ4n) is 3.62. The molecule has 1 aliphatic heterocycles. The lowest BCUT2D eigenvalue weighted by atomic mass is 10.1. The second-order valence-electron chi connectivity index (χ2n) is 7.89. The fraction of sp³-hybridized carbons (Fsp3) is 0.348. The summed E-state index contributed by atoms with van der Waals surface area (Å²) in [5, 5.41) is 11.5. The van der Waals surface area contributed by atoms with Crippen LogP contribution in [-0.4, -0.2) is 39.1 Å². The largest absolute Gasteiger partial charge is 0.372 e. The summed E-state index contributed by atoms with van der Waals surface area (Å²) in [7, 11) is 0. The molecular formula is C23H28N6OS. The van der Waals surface area contributed by atoms with Gasteiger partial charge in [0, 0.05) is 30.0 Å². The van der Waals surface area contributed by atoms with Crippen LogP contribution in [0.2, 0.25) is 0 Å². The van der Waals surface area contributed by atoms with E-state index in [1.54, 1.807) is 0 Å². The van der Waals surface area contributed by atoms with Crippen molar-refractivity contribution in [2.75, 3.05) is 29.1 Å². The average molecular weight is 437 g/mol. The molecule has 1 unspecified atom stereocenters. The van der Waals surface area contributed by atoms with E-state index < -0.39 is 0 Å². The van der Waals surface area contributed by atoms with Crippen molar-refractivity contribution < 1.29 is 4.79 Å². The maximum atomic E-state index is 12.7. The molecule has 1 aromatic heterocycles. The van der Waals surface area contributed by atoms with Crippen LogP contribution in [-0.2, 0) is 4.79 Å². The first-order valence-electron chi connectivity index (χ1n) is 10.6. The van der Waals surface area contributed by atoms with Crippen LogP contribution in [0.25, 0.3) is 11.4 Å². The van der Waals surface area contributed by atoms with Gasteiger partial charge in [0.2, 0.25) is 11.1 Å². The number of aromatic nitrogens is 3. The van der Waals surface area contributed by atoms with Crippen molar-refractivity contribution >= 4 is 29.0 Å². The summed E-state index contributed by atoms with van der Waals surface area (Å²) in [6.45, 7) is 6.07. The molecule has 162 valence electrons. The molecule has 31 heavy (non-hydrogen) atoms. The van der Waals surface area contributed by atoms with Gasteiger partial charge in [0.25, 0.3) is 0 Å². The summed E-state index contributed by atoms with van der Waals surface area (Å²) in [6.07, 6.45) is 3.79. The number of hydrogen-bond donors (Lipinski definition) is 2. The highest BCUT2D eigenvalue weighted by atomic mass is 32.2. The summed E-state index contributed by atoms with van der Waals surface area (Å²) in [4.78, 5) is 15.1. The molecule has 0 aliphatic carbocycles. The Labute approximate surface area is 187 Å². The van der Waals surface area contributed by atoms with Crippen molar-refractivity contribution in [1.29, 1.82) is 0 Å². The van der Waals surface area contributed by atoms with Gasteiger partial charge in [-0.1, -0.05) is 41.6 Å². The highest BCUT2D eigenvalue weighted by molar-refractivity contribution is 8.00. The Kier molecular flexibility index (Phi) is 6.46. The van der Waals surface area contributed by atoms with Crippen LogP contribution in [0, 0.1) is 6.92 Å². The first-order valence-corrected chi connectivity index (χ1v) is 11.5. The molecule has 7 nitrogen and oxygen atoms in total. The number of carbonyl (C=O) groups is 1. The summed E-state index contributed by atoms with van der Waals surface area (Å²) in [5.41, 5.74) is 4.04. The van der Waals surface area contributed by atoms with E-state index in [1.165, 1.54) is 41.4 Å². The summed E-state index contributed by atoms with van der Waals surface area (Å²) < 4.78 is 1.44. The van der Waals surface area contributed by atoms with Gasteiger partial charge in [0.15, 0.2) is 5.82 Å². The molecule has 1 saturated heterocycles. The van der Waals surface area contributed by atoms with Crippen LogP contribution in [0.3, 0.4) is 0 Å². The number of nitrogens with zero attached hydrogens (tertiary/aromatic N) is 4. The van der Waals surface area contributed by atoms with E-state index in [0.29, 0.717) is 11.0 Å². The number of thioether (sulfide) groups is 1. The molecule has 8 heteroatoms. The van der Waals surface area contributed by atoms with Crippen molar-refractivity contribution in [3.05, 3.63) is 54.1 Å². The number of carbonyl (C=O) groups excluding carboxylic acids is 1. The van der Waals surface area contributed by atoms with E-state index in [0.717, 1.165) is 29.9 Å². The maximum Gasteiger partial charge on any atom is 0.237 e. The van der Waals surface area contributed by atoms with Crippen LogP contribution < -0.4 is 16.1 Å². The van der Waals surface area contributed by atoms with Crippen LogP contribution in [0.4, 0.5) is 11.4 Å². The monoisotopic (exact) mass is 436 g/mol. The minimum Gasteiger partial charge on any atom is -0.372 e. The Bertz CT molecular complexity index is 1030. The zero-order valence-electron chi connectivity index (χ0n) is 17.9.